The number of hydrogen-bond donors (Lipinski definition) is 0. The van der Waals surface area contributed by atoms with E-state index in [2.05, 4.69) is 20.7 Å². The fourth-order valence-corrected chi connectivity index (χ4v) is 2.27. The van der Waals surface area contributed by atoms with Gasteiger partial charge in [0.25, 0.3) is 0 Å². The molecule has 0 aliphatic heterocycles. The zero-order chi connectivity index (χ0) is 9.30. The molecule has 1 aromatic rings. The Kier molecular flexibility index (Phi) is 3.28. The van der Waals surface area contributed by atoms with Crippen molar-refractivity contribution >= 4 is 38.5 Å². The van der Waals surface area contributed by atoms with Crippen LogP contribution in [-0.4, -0.2) is 7.11 Å². The summed E-state index contributed by atoms with van der Waals surface area (Å²) in [4.78, 5) is 0. The Hall–Kier alpha value is 0.0900. The van der Waals surface area contributed by atoms with Gasteiger partial charge < -0.3 is 4.74 Å². The summed E-state index contributed by atoms with van der Waals surface area (Å²) in [5.41, 5.74) is 0. The highest BCUT2D eigenvalue weighted by atomic mass is 127. The molecule has 0 amide bonds. The van der Waals surface area contributed by atoms with Crippen LogP contribution in [0.15, 0.2) is 10.5 Å². The van der Waals surface area contributed by atoms with Gasteiger partial charge in [0, 0.05) is 0 Å². The SMILES string of the molecule is COc1c(F)cc(Br)c(F)c1I. The van der Waals surface area contributed by atoms with Crippen LogP contribution in [0.5, 0.6) is 5.75 Å². The van der Waals surface area contributed by atoms with Crippen LogP contribution in [0, 0.1) is 15.2 Å². The summed E-state index contributed by atoms with van der Waals surface area (Å²) in [5, 5.41) is 0. The molecule has 0 saturated heterocycles. The minimum absolute atomic E-state index is 0.0590. The quantitative estimate of drug-likeness (QED) is 0.429. The van der Waals surface area contributed by atoms with Crippen molar-refractivity contribution in [2.24, 2.45) is 0 Å². The molecule has 0 fully saturated rings. The molecule has 1 nitrogen and oxygen atoms in total. The molecule has 0 aliphatic carbocycles. The predicted molar refractivity (Wildman–Crippen MR) is 53.3 cm³/mol. The van der Waals surface area contributed by atoms with Crippen molar-refractivity contribution < 1.29 is 13.5 Å². The molecule has 1 aromatic carbocycles. The summed E-state index contributed by atoms with van der Waals surface area (Å²) in [6.07, 6.45) is 0. The molecule has 0 aliphatic rings. The summed E-state index contributed by atoms with van der Waals surface area (Å²) in [7, 11) is 1.30. The lowest BCUT2D eigenvalue weighted by Crippen LogP contribution is -1.95. The Balaban J connectivity index is 3.40. The summed E-state index contributed by atoms with van der Waals surface area (Å²) in [6.45, 7) is 0. The minimum atomic E-state index is -0.574. The van der Waals surface area contributed by atoms with Crippen molar-refractivity contribution in [3.63, 3.8) is 0 Å². The van der Waals surface area contributed by atoms with Crippen LogP contribution >= 0.6 is 38.5 Å². The molecule has 0 bridgehead atoms. The molecule has 5 heteroatoms. The van der Waals surface area contributed by atoms with E-state index in [-0.39, 0.29) is 13.8 Å². The zero-order valence-electron chi connectivity index (χ0n) is 6.00. The predicted octanol–water partition coefficient (Wildman–Crippen LogP) is 3.34. The fourth-order valence-electron chi connectivity index (χ4n) is 0.737. The molecule has 0 radical (unpaired) electrons. The highest BCUT2D eigenvalue weighted by molar-refractivity contribution is 14.1. The first-order chi connectivity index (χ1) is 5.57. The maximum absolute atomic E-state index is 13.1. The highest BCUT2D eigenvalue weighted by Crippen LogP contribution is 2.31. The molecule has 0 spiro atoms. The number of methoxy groups -OCH3 is 1. The van der Waals surface area contributed by atoms with Crippen LogP contribution < -0.4 is 4.74 Å². The molecule has 0 atom stereocenters. The number of ether oxygens (including phenoxy) is 1. The van der Waals surface area contributed by atoms with E-state index in [4.69, 9.17) is 0 Å². The van der Waals surface area contributed by atoms with E-state index in [1.54, 1.807) is 22.6 Å². The lowest BCUT2D eigenvalue weighted by molar-refractivity contribution is 0.378. The number of hydrogen-bond acceptors (Lipinski definition) is 1. The van der Waals surface area contributed by atoms with Crippen molar-refractivity contribution in [1.82, 2.24) is 0 Å². The van der Waals surface area contributed by atoms with Crippen LogP contribution in [0.1, 0.15) is 0 Å². The van der Waals surface area contributed by atoms with E-state index >= 15 is 0 Å². The molecule has 0 aromatic heterocycles. The third-order valence-electron chi connectivity index (χ3n) is 1.28. The molecule has 0 unspecified atom stereocenters. The van der Waals surface area contributed by atoms with Gasteiger partial charge in [0.2, 0.25) is 0 Å². The second-order valence-corrected chi connectivity index (χ2v) is 3.93. The van der Waals surface area contributed by atoms with Gasteiger partial charge in [-0.1, -0.05) is 0 Å². The standard InChI is InChI=1S/C7H4BrF2IO/c1-12-7-4(9)2-3(8)5(10)6(7)11/h2H,1H3. The van der Waals surface area contributed by atoms with E-state index in [1.165, 1.54) is 7.11 Å². The lowest BCUT2D eigenvalue weighted by atomic mass is 10.3. The Morgan fingerprint density at radius 3 is 2.58 bits per heavy atom. The Morgan fingerprint density at radius 2 is 2.08 bits per heavy atom. The second kappa shape index (κ2) is 3.87. The molecule has 12 heavy (non-hydrogen) atoms. The average Bonchev–Trinajstić information content (AvgIpc) is 2.01. The van der Waals surface area contributed by atoms with Crippen molar-refractivity contribution in [2.45, 2.75) is 0 Å². The molecular weight excluding hydrogens is 345 g/mol. The third-order valence-corrected chi connectivity index (χ3v) is 2.82. The van der Waals surface area contributed by atoms with Crippen LogP contribution in [0.3, 0.4) is 0 Å². The maximum Gasteiger partial charge on any atom is 0.170 e. The number of benzene rings is 1. The normalized spacial score (nSPS) is 10.1. The van der Waals surface area contributed by atoms with E-state index < -0.39 is 11.6 Å². The molecule has 1 rings (SSSR count). The van der Waals surface area contributed by atoms with E-state index in [0.717, 1.165) is 6.07 Å². The van der Waals surface area contributed by atoms with Crippen molar-refractivity contribution in [3.05, 3.63) is 25.7 Å². The maximum atomic E-state index is 13.1. The molecule has 0 saturated carbocycles. The Bertz CT molecular complexity index is 317. The van der Waals surface area contributed by atoms with Crippen LogP contribution in [0.25, 0.3) is 0 Å². The van der Waals surface area contributed by atoms with Gasteiger partial charge in [-0.05, 0) is 44.6 Å². The van der Waals surface area contributed by atoms with Gasteiger partial charge in [-0.3, -0.25) is 0 Å². The van der Waals surface area contributed by atoms with Crippen LogP contribution in [0.2, 0.25) is 0 Å². The lowest BCUT2D eigenvalue weighted by Gasteiger charge is -2.06. The first-order valence-corrected chi connectivity index (χ1v) is 4.82. The van der Waals surface area contributed by atoms with Gasteiger partial charge in [-0.15, -0.1) is 0 Å². The van der Waals surface area contributed by atoms with E-state index in [0.29, 0.717) is 0 Å². The van der Waals surface area contributed by atoms with Gasteiger partial charge in [-0.2, -0.15) is 0 Å². The van der Waals surface area contributed by atoms with Crippen LogP contribution in [0.4, 0.5) is 8.78 Å². The third kappa shape index (κ3) is 1.71. The van der Waals surface area contributed by atoms with Gasteiger partial charge in [-0.25, -0.2) is 8.78 Å². The van der Waals surface area contributed by atoms with Gasteiger partial charge in [0.15, 0.2) is 17.4 Å². The van der Waals surface area contributed by atoms with Gasteiger partial charge >= 0.3 is 0 Å². The molecule has 0 N–H and O–H groups in total. The Morgan fingerprint density at radius 1 is 1.50 bits per heavy atom. The summed E-state index contributed by atoms with van der Waals surface area (Å²) < 4.78 is 30.9. The smallest absolute Gasteiger partial charge is 0.170 e. The molecule has 66 valence electrons. The van der Waals surface area contributed by atoms with E-state index in [9.17, 15) is 8.78 Å². The summed E-state index contributed by atoms with van der Waals surface area (Å²) >= 11 is 4.57. The first-order valence-electron chi connectivity index (χ1n) is 2.95. The molecular formula is C7H4BrF2IO. The number of halogens is 4. The van der Waals surface area contributed by atoms with Crippen molar-refractivity contribution in [2.75, 3.05) is 7.11 Å². The van der Waals surface area contributed by atoms with Gasteiger partial charge in [0.1, 0.15) is 0 Å². The van der Waals surface area contributed by atoms with E-state index in [1.807, 2.05) is 0 Å². The average molecular weight is 349 g/mol. The van der Waals surface area contributed by atoms with Crippen molar-refractivity contribution in [1.29, 1.82) is 0 Å². The number of rotatable bonds is 1. The largest absolute Gasteiger partial charge is 0.492 e. The Labute approximate surface area is 90.4 Å². The van der Waals surface area contributed by atoms with Crippen molar-refractivity contribution in [3.8, 4) is 5.75 Å². The summed E-state index contributed by atoms with van der Waals surface area (Å²) in [5.74, 6) is -1.14. The minimum Gasteiger partial charge on any atom is -0.492 e. The van der Waals surface area contributed by atoms with Crippen LogP contribution in [-0.2, 0) is 0 Å². The van der Waals surface area contributed by atoms with Gasteiger partial charge in [0.05, 0.1) is 15.2 Å². The summed E-state index contributed by atoms with van der Waals surface area (Å²) in [6, 6.07) is 1.04. The zero-order valence-corrected chi connectivity index (χ0v) is 9.74. The monoisotopic (exact) mass is 348 g/mol. The second-order valence-electron chi connectivity index (χ2n) is 2.00. The first kappa shape index (κ1) is 10.2. The molecule has 0 heterocycles. The fraction of sp³-hybridized carbons (Fsp3) is 0.143. The highest BCUT2D eigenvalue weighted by Gasteiger charge is 2.15. The topological polar surface area (TPSA) is 9.23 Å².